The monoisotopic (exact) mass is 329 g/mol. The second-order valence-electron chi connectivity index (χ2n) is 5.93. The molecule has 1 unspecified atom stereocenters. The van der Waals surface area contributed by atoms with Crippen LogP contribution in [0.2, 0.25) is 0 Å². The molecule has 1 N–H and O–H groups in total. The molecular formula is C18H23N3O3. The van der Waals surface area contributed by atoms with E-state index in [4.69, 9.17) is 14.2 Å². The molecule has 1 aliphatic rings. The van der Waals surface area contributed by atoms with Crippen molar-refractivity contribution in [2.24, 2.45) is 0 Å². The number of methoxy groups -OCH3 is 3. The molecular weight excluding hydrogens is 306 g/mol. The van der Waals surface area contributed by atoms with Gasteiger partial charge < -0.3 is 19.5 Å². The van der Waals surface area contributed by atoms with Crippen molar-refractivity contribution in [3.8, 4) is 17.2 Å². The molecule has 0 bridgehead atoms. The first-order chi connectivity index (χ1) is 11.7. The maximum atomic E-state index is 5.42. The summed E-state index contributed by atoms with van der Waals surface area (Å²) in [4.78, 5) is 8.68. The van der Waals surface area contributed by atoms with E-state index in [1.807, 2.05) is 18.2 Å². The lowest BCUT2D eigenvalue weighted by Gasteiger charge is -2.19. The van der Waals surface area contributed by atoms with E-state index >= 15 is 0 Å². The number of rotatable bonds is 7. The molecule has 1 atom stereocenters. The van der Waals surface area contributed by atoms with Gasteiger partial charge in [-0.1, -0.05) is 0 Å². The van der Waals surface area contributed by atoms with E-state index in [9.17, 15) is 0 Å². The number of aromatic nitrogens is 2. The Morgan fingerprint density at radius 3 is 2.21 bits per heavy atom. The van der Waals surface area contributed by atoms with Gasteiger partial charge in [0.2, 0.25) is 5.75 Å². The van der Waals surface area contributed by atoms with Gasteiger partial charge in [-0.25, -0.2) is 9.97 Å². The molecule has 1 aromatic carbocycles. The summed E-state index contributed by atoms with van der Waals surface area (Å²) < 4.78 is 16.2. The summed E-state index contributed by atoms with van der Waals surface area (Å²) >= 11 is 0. The van der Waals surface area contributed by atoms with E-state index in [0.717, 1.165) is 17.1 Å². The number of nitrogens with zero attached hydrogens (tertiary/aromatic N) is 2. The van der Waals surface area contributed by atoms with Crippen LogP contribution in [0.3, 0.4) is 0 Å². The topological polar surface area (TPSA) is 65.5 Å². The van der Waals surface area contributed by atoms with Crippen molar-refractivity contribution < 1.29 is 14.2 Å². The quantitative estimate of drug-likeness (QED) is 0.838. The minimum atomic E-state index is 0.0284. The van der Waals surface area contributed by atoms with Crippen LogP contribution in [0.5, 0.6) is 17.2 Å². The van der Waals surface area contributed by atoms with Crippen molar-refractivity contribution in [1.82, 2.24) is 9.97 Å². The van der Waals surface area contributed by atoms with E-state index in [0.29, 0.717) is 23.2 Å². The summed E-state index contributed by atoms with van der Waals surface area (Å²) in [6, 6.07) is 5.96. The molecule has 0 amide bonds. The summed E-state index contributed by atoms with van der Waals surface area (Å²) in [7, 11) is 4.83. The first-order valence-corrected chi connectivity index (χ1v) is 8.04. The standard InChI is InChI=1S/C18H23N3O3/c1-11(21-17-9-14(12-5-6-12)19-10-20-17)13-7-15(22-2)18(24-4)16(8-13)23-3/h7-12H,5-6H2,1-4H3,(H,19,20,21). The Bertz CT molecular complexity index is 691. The SMILES string of the molecule is COc1cc(C(C)Nc2cc(C3CC3)ncn2)cc(OC)c1OC. The molecule has 6 heteroatoms. The van der Waals surface area contributed by atoms with Gasteiger partial charge in [-0.2, -0.15) is 0 Å². The van der Waals surface area contributed by atoms with Gasteiger partial charge in [0.1, 0.15) is 12.1 Å². The van der Waals surface area contributed by atoms with Crippen LogP contribution in [0.25, 0.3) is 0 Å². The lowest BCUT2D eigenvalue weighted by molar-refractivity contribution is 0.323. The number of hydrogen-bond acceptors (Lipinski definition) is 6. The van der Waals surface area contributed by atoms with Crippen molar-refractivity contribution in [2.75, 3.05) is 26.6 Å². The Labute approximate surface area is 142 Å². The Morgan fingerprint density at radius 1 is 1.00 bits per heavy atom. The summed E-state index contributed by atoms with van der Waals surface area (Å²) in [5.41, 5.74) is 2.14. The number of hydrogen-bond donors (Lipinski definition) is 1. The van der Waals surface area contributed by atoms with E-state index < -0.39 is 0 Å². The fraction of sp³-hybridized carbons (Fsp3) is 0.444. The minimum absolute atomic E-state index is 0.0284. The maximum Gasteiger partial charge on any atom is 0.203 e. The first kappa shape index (κ1) is 16.4. The van der Waals surface area contributed by atoms with E-state index in [2.05, 4.69) is 22.2 Å². The fourth-order valence-electron chi connectivity index (χ4n) is 2.71. The predicted molar refractivity (Wildman–Crippen MR) is 92.1 cm³/mol. The zero-order chi connectivity index (χ0) is 17.1. The smallest absolute Gasteiger partial charge is 0.203 e. The van der Waals surface area contributed by atoms with Crippen molar-refractivity contribution in [3.05, 3.63) is 35.8 Å². The van der Waals surface area contributed by atoms with Gasteiger partial charge in [-0.05, 0) is 37.5 Å². The van der Waals surface area contributed by atoms with Crippen LogP contribution >= 0.6 is 0 Å². The van der Waals surface area contributed by atoms with Crippen molar-refractivity contribution in [2.45, 2.75) is 31.7 Å². The predicted octanol–water partition coefficient (Wildman–Crippen LogP) is 3.55. The third kappa shape index (κ3) is 3.37. The van der Waals surface area contributed by atoms with Crippen molar-refractivity contribution in [1.29, 1.82) is 0 Å². The molecule has 128 valence electrons. The highest BCUT2D eigenvalue weighted by molar-refractivity contribution is 5.55. The van der Waals surface area contributed by atoms with Crippen LogP contribution in [0.4, 0.5) is 5.82 Å². The van der Waals surface area contributed by atoms with Gasteiger partial charge in [0.05, 0.1) is 27.4 Å². The summed E-state index contributed by atoms with van der Waals surface area (Å²) in [6.07, 6.45) is 4.07. The summed E-state index contributed by atoms with van der Waals surface area (Å²) in [5.74, 6) is 3.30. The molecule has 0 radical (unpaired) electrons. The van der Waals surface area contributed by atoms with Crippen LogP contribution in [0.15, 0.2) is 24.5 Å². The van der Waals surface area contributed by atoms with Gasteiger partial charge in [-0.3, -0.25) is 0 Å². The molecule has 3 rings (SSSR count). The fourth-order valence-corrected chi connectivity index (χ4v) is 2.71. The second-order valence-corrected chi connectivity index (χ2v) is 5.93. The molecule has 24 heavy (non-hydrogen) atoms. The average Bonchev–Trinajstić information content (AvgIpc) is 3.45. The van der Waals surface area contributed by atoms with Crippen molar-refractivity contribution in [3.63, 3.8) is 0 Å². The van der Waals surface area contributed by atoms with Crippen LogP contribution in [0, 0.1) is 0 Å². The molecule has 0 saturated heterocycles. The van der Waals surface area contributed by atoms with Crippen LogP contribution in [-0.2, 0) is 0 Å². The number of nitrogens with one attached hydrogen (secondary N) is 1. The molecule has 1 heterocycles. The third-order valence-corrected chi connectivity index (χ3v) is 4.24. The Balaban J connectivity index is 1.84. The van der Waals surface area contributed by atoms with Gasteiger partial charge >= 0.3 is 0 Å². The van der Waals surface area contributed by atoms with Crippen LogP contribution < -0.4 is 19.5 Å². The van der Waals surface area contributed by atoms with Gasteiger partial charge in [0.25, 0.3) is 0 Å². The molecule has 6 nitrogen and oxygen atoms in total. The zero-order valence-corrected chi connectivity index (χ0v) is 14.5. The minimum Gasteiger partial charge on any atom is -0.493 e. The highest BCUT2D eigenvalue weighted by Crippen LogP contribution is 2.41. The van der Waals surface area contributed by atoms with E-state index in [-0.39, 0.29) is 6.04 Å². The molecule has 1 aliphatic carbocycles. The molecule has 0 aliphatic heterocycles. The molecule has 2 aromatic rings. The molecule has 1 fully saturated rings. The Morgan fingerprint density at radius 2 is 1.67 bits per heavy atom. The van der Waals surface area contributed by atoms with Crippen LogP contribution in [-0.4, -0.2) is 31.3 Å². The Kier molecular flexibility index (Phi) is 4.74. The van der Waals surface area contributed by atoms with Gasteiger partial charge in [0, 0.05) is 17.7 Å². The summed E-state index contributed by atoms with van der Waals surface area (Å²) in [5, 5.41) is 3.42. The van der Waals surface area contributed by atoms with E-state index in [1.165, 1.54) is 12.8 Å². The lowest BCUT2D eigenvalue weighted by Crippen LogP contribution is -2.09. The number of anilines is 1. The highest BCUT2D eigenvalue weighted by Gasteiger charge is 2.25. The maximum absolute atomic E-state index is 5.42. The molecule has 1 saturated carbocycles. The largest absolute Gasteiger partial charge is 0.493 e. The number of ether oxygens (including phenoxy) is 3. The van der Waals surface area contributed by atoms with E-state index in [1.54, 1.807) is 27.7 Å². The second kappa shape index (κ2) is 6.95. The lowest BCUT2D eigenvalue weighted by atomic mass is 10.1. The third-order valence-electron chi connectivity index (χ3n) is 4.24. The average molecular weight is 329 g/mol. The zero-order valence-electron chi connectivity index (χ0n) is 14.5. The Hall–Kier alpha value is -2.50. The first-order valence-electron chi connectivity index (χ1n) is 8.04. The normalized spacial score (nSPS) is 14.8. The van der Waals surface area contributed by atoms with Gasteiger partial charge in [0.15, 0.2) is 11.5 Å². The summed E-state index contributed by atoms with van der Waals surface area (Å²) in [6.45, 7) is 2.07. The number of benzene rings is 1. The molecule has 0 spiro atoms. The highest BCUT2D eigenvalue weighted by atomic mass is 16.5. The van der Waals surface area contributed by atoms with Gasteiger partial charge in [-0.15, -0.1) is 0 Å². The molecule has 1 aromatic heterocycles. The van der Waals surface area contributed by atoms with Crippen LogP contribution in [0.1, 0.15) is 43.0 Å². The van der Waals surface area contributed by atoms with Crippen molar-refractivity contribution >= 4 is 5.82 Å².